The summed E-state index contributed by atoms with van der Waals surface area (Å²) in [4.78, 5) is 15.3. The van der Waals surface area contributed by atoms with Gasteiger partial charge in [-0.1, -0.05) is 29.8 Å². The van der Waals surface area contributed by atoms with Gasteiger partial charge in [-0.15, -0.1) is 5.10 Å². The largest absolute Gasteiger partial charge is 0.453 e. The number of rotatable bonds is 6. The van der Waals surface area contributed by atoms with Gasteiger partial charge in [0, 0.05) is 31.2 Å². The fourth-order valence-electron chi connectivity index (χ4n) is 3.84. The summed E-state index contributed by atoms with van der Waals surface area (Å²) < 4.78 is 46.3. The van der Waals surface area contributed by atoms with Crippen molar-refractivity contribution in [3.63, 3.8) is 0 Å². The smallest absolute Gasteiger partial charge is 0.379 e. The SMILES string of the molecule is Cc1ccc(-c2cc(C(=O)N[C@H](C)CN3CCOCC3)cc(-n3nnnc3C(F)(F)F)c2)cc1. The van der Waals surface area contributed by atoms with Crippen LogP contribution < -0.4 is 5.32 Å². The molecule has 2 heterocycles. The highest BCUT2D eigenvalue weighted by atomic mass is 19.4. The van der Waals surface area contributed by atoms with Crippen molar-refractivity contribution in [3.05, 3.63) is 59.4 Å². The molecule has 1 atom stereocenters. The average molecular weight is 474 g/mol. The van der Waals surface area contributed by atoms with Crippen molar-refractivity contribution in [1.82, 2.24) is 30.4 Å². The third-order valence-electron chi connectivity index (χ3n) is 5.55. The highest BCUT2D eigenvalue weighted by molar-refractivity contribution is 5.96. The van der Waals surface area contributed by atoms with E-state index in [0.29, 0.717) is 30.0 Å². The number of hydrogen-bond acceptors (Lipinski definition) is 6. The molecule has 2 aromatic carbocycles. The standard InChI is InChI=1S/C23H25F3N6O2/c1-15-3-5-17(6-4-15)18-11-19(21(33)27-16(2)14-31-7-9-34-10-8-31)13-20(12-18)32-22(23(24,25)26)28-29-30-32/h3-6,11-13,16H,7-10,14H2,1-2H3,(H,27,33)/t16-/m1/s1. The molecule has 34 heavy (non-hydrogen) atoms. The van der Waals surface area contributed by atoms with Gasteiger partial charge in [0.25, 0.3) is 11.7 Å². The number of tetrazole rings is 1. The molecule has 1 fully saturated rings. The summed E-state index contributed by atoms with van der Waals surface area (Å²) in [6.45, 7) is 7.34. The van der Waals surface area contributed by atoms with Crippen LogP contribution in [0.5, 0.6) is 0 Å². The highest BCUT2D eigenvalue weighted by Crippen LogP contribution is 2.30. The Morgan fingerprint density at radius 3 is 2.50 bits per heavy atom. The van der Waals surface area contributed by atoms with Crippen molar-refractivity contribution in [1.29, 1.82) is 0 Å². The summed E-state index contributed by atoms with van der Waals surface area (Å²) in [5.41, 5.74) is 2.62. The van der Waals surface area contributed by atoms with E-state index >= 15 is 0 Å². The third kappa shape index (κ3) is 5.60. The molecule has 1 saturated heterocycles. The molecule has 1 N–H and O–H groups in total. The third-order valence-corrected chi connectivity index (χ3v) is 5.55. The molecular formula is C23H25F3N6O2. The number of halogens is 3. The maximum atomic E-state index is 13.4. The van der Waals surface area contributed by atoms with Gasteiger partial charge in [-0.25, -0.2) is 0 Å². The van der Waals surface area contributed by atoms with E-state index in [0.717, 1.165) is 24.2 Å². The number of carbonyl (C=O) groups excluding carboxylic acids is 1. The summed E-state index contributed by atoms with van der Waals surface area (Å²) >= 11 is 0. The number of benzene rings is 2. The first-order valence-corrected chi connectivity index (χ1v) is 10.9. The lowest BCUT2D eigenvalue weighted by molar-refractivity contribution is -0.146. The zero-order chi connectivity index (χ0) is 24.3. The van der Waals surface area contributed by atoms with Gasteiger partial charge in [-0.2, -0.15) is 17.9 Å². The zero-order valence-electron chi connectivity index (χ0n) is 18.8. The lowest BCUT2D eigenvalue weighted by Gasteiger charge is -2.29. The zero-order valence-corrected chi connectivity index (χ0v) is 18.8. The van der Waals surface area contributed by atoms with Crippen molar-refractivity contribution in [2.24, 2.45) is 0 Å². The van der Waals surface area contributed by atoms with E-state index < -0.39 is 17.9 Å². The number of aryl methyl sites for hydroxylation is 1. The Balaban J connectivity index is 1.66. The van der Waals surface area contributed by atoms with Crippen LogP contribution in [0.4, 0.5) is 13.2 Å². The maximum Gasteiger partial charge on any atom is 0.453 e. The minimum Gasteiger partial charge on any atom is -0.379 e. The van der Waals surface area contributed by atoms with E-state index in [2.05, 4.69) is 25.7 Å². The number of carbonyl (C=O) groups is 1. The summed E-state index contributed by atoms with van der Waals surface area (Å²) in [5.74, 6) is -1.65. The average Bonchev–Trinajstić information content (AvgIpc) is 3.31. The summed E-state index contributed by atoms with van der Waals surface area (Å²) in [6.07, 6.45) is -4.75. The van der Waals surface area contributed by atoms with Crippen LogP contribution in [-0.2, 0) is 10.9 Å². The minimum atomic E-state index is -4.75. The number of amides is 1. The number of ether oxygens (including phenoxy) is 1. The second kappa shape index (κ2) is 9.90. The van der Waals surface area contributed by atoms with Crippen LogP contribution in [0.15, 0.2) is 42.5 Å². The van der Waals surface area contributed by atoms with Gasteiger partial charge in [-0.3, -0.25) is 9.69 Å². The first-order valence-electron chi connectivity index (χ1n) is 10.9. The van der Waals surface area contributed by atoms with Crippen molar-refractivity contribution in [3.8, 4) is 16.8 Å². The first kappa shape index (κ1) is 23.8. The number of nitrogens with zero attached hydrogens (tertiary/aromatic N) is 5. The Bertz CT molecular complexity index is 1140. The molecule has 0 aliphatic carbocycles. The molecule has 1 aliphatic rings. The molecule has 0 spiro atoms. The van der Waals surface area contributed by atoms with Gasteiger partial charge in [0.1, 0.15) is 0 Å². The normalized spacial score (nSPS) is 15.8. The Morgan fingerprint density at radius 2 is 1.82 bits per heavy atom. The quantitative estimate of drug-likeness (QED) is 0.591. The maximum absolute atomic E-state index is 13.4. The van der Waals surface area contributed by atoms with E-state index in [9.17, 15) is 18.0 Å². The van der Waals surface area contributed by atoms with Gasteiger partial charge in [0.05, 0.1) is 18.9 Å². The fraction of sp³-hybridized carbons (Fsp3) is 0.391. The van der Waals surface area contributed by atoms with Gasteiger partial charge in [-0.05, 0) is 53.6 Å². The van der Waals surface area contributed by atoms with E-state index in [1.54, 1.807) is 6.07 Å². The van der Waals surface area contributed by atoms with E-state index in [1.165, 1.54) is 12.1 Å². The number of aromatic nitrogens is 4. The monoisotopic (exact) mass is 474 g/mol. The van der Waals surface area contributed by atoms with Crippen molar-refractivity contribution < 1.29 is 22.7 Å². The number of nitrogens with one attached hydrogen (secondary N) is 1. The van der Waals surface area contributed by atoms with Crippen molar-refractivity contribution >= 4 is 5.91 Å². The van der Waals surface area contributed by atoms with Gasteiger partial charge < -0.3 is 10.1 Å². The number of morpholine rings is 1. The molecule has 1 aliphatic heterocycles. The lowest BCUT2D eigenvalue weighted by atomic mass is 10.0. The molecule has 1 aromatic heterocycles. The minimum absolute atomic E-state index is 0.0429. The second-order valence-corrected chi connectivity index (χ2v) is 8.33. The van der Waals surface area contributed by atoms with Crippen molar-refractivity contribution in [2.45, 2.75) is 26.1 Å². The van der Waals surface area contributed by atoms with Crippen LogP contribution in [0.25, 0.3) is 16.8 Å². The molecule has 180 valence electrons. The van der Waals surface area contributed by atoms with Crippen LogP contribution in [-0.4, -0.2) is 69.9 Å². The molecule has 0 unspecified atom stereocenters. The summed E-state index contributed by atoms with van der Waals surface area (Å²) in [6, 6.07) is 11.9. The van der Waals surface area contributed by atoms with Crippen LogP contribution in [0, 0.1) is 6.92 Å². The molecule has 4 rings (SSSR count). The van der Waals surface area contributed by atoms with Crippen LogP contribution in [0.3, 0.4) is 0 Å². The molecule has 0 saturated carbocycles. The predicted molar refractivity (Wildman–Crippen MR) is 119 cm³/mol. The number of alkyl halides is 3. The first-order chi connectivity index (χ1) is 16.2. The Morgan fingerprint density at radius 1 is 1.12 bits per heavy atom. The summed E-state index contributed by atoms with van der Waals surface area (Å²) in [5, 5.41) is 12.8. The van der Waals surface area contributed by atoms with E-state index in [1.807, 2.05) is 38.1 Å². The number of hydrogen-bond donors (Lipinski definition) is 1. The molecular weight excluding hydrogens is 449 g/mol. The van der Waals surface area contributed by atoms with E-state index in [4.69, 9.17) is 4.74 Å². The van der Waals surface area contributed by atoms with Crippen LogP contribution in [0.1, 0.15) is 28.7 Å². The molecule has 0 bridgehead atoms. The van der Waals surface area contributed by atoms with E-state index in [-0.39, 0.29) is 17.3 Å². The Hall–Kier alpha value is -3.31. The second-order valence-electron chi connectivity index (χ2n) is 8.33. The molecule has 0 radical (unpaired) electrons. The molecule has 8 nitrogen and oxygen atoms in total. The predicted octanol–water partition coefficient (Wildman–Crippen LogP) is 3.11. The molecule has 3 aromatic rings. The van der Waals surface area contributed by atoms with Gasteiger partial charge in [0.2, 0.25) is 0 Å². The summed E-state index contributed by atoms with van der Waals surface area (Å²) in [7, 11) is 0. The van der Waals surface area contributed by atoms with Crippen LogP contribution in [0.2, 0.25) is 0 Å². The lowest BCUT2D eigenvalue weighted by Crippen LogP contribution is -2.46. The topological polar surface area (TPSA) is 85.2 Å². The molecule has 11 heteroatoms. The Labute approximate surface area is 194 Å². The fourth-order valence-corrected chi connectivity index (χ4v) is 3.84. The van der Waals surface area contributed by atoms with Gasteiger partial charge >= 0.3 is 6.18 Å². The molecule has 1 amide bonds. The highest BCUT2D eigenvalue weighted by Gasteiger charge is 2.38. The van der Waals surface area contributed by atoms with Gasteiger partial charge in [0.15, 0.2) is 0 Å². The Kier molecular flexibility index (Phi) is 6.94. The van der Waals surface area contributed by atoms with Crippen molar-refractivity contribution in [2.75, 3.05) is 32.8 Å². The van der Waals surface area contributed by atoms with Crippen LogP contribution >= 0.6 is 0 Å².